The van der Waals surface area contributed by atoms with Crippen LogP contribution in [-0.2, 0) is 0 Å². The van der Waals surface area contributed by atoms with Gasteiger partial charge in [-0.25, -0.2) is 0 Å². The second-order valence-electron chi connectivity index (χ2n) is 6.82. The van der Waals surface area contributed by atoms with E-state index in [1.807, 2.05) is 12.1 Å². The van der Waals surface area contributed by atoms with E-state index in [0.29, 0.717) is 0 Å². The van der Waals surface area contributed by atoms with Gasteiger partial charge in [0.15, 0.2) is 5.78 Å². The lowest BCUT2D eigenvalue weighted by Crippen LogP contribution is -2.48. The van der Waals surface area contributed by atoms with E-state index in [1.54, 1.807) is 0 Å². The van der Waals surface area contributed by atoms with Crippen LogP contribution in [0.3, 0.4) is 0 Å². The molecule has 0 aliphatic carbocycles. The zero-order valence-corrected chi connectivity index (χ0v) is 13.3. The van der Waals surface area contributed by atoms with Gasteiger partial charge in [0.05, 0.1) is 5.54 Å². The van der Waals surface area contributed by atoms with E-state index in [-0.39, 0.29) is 11.3 Å². The molecule has 3 heteroatoms. The van der Waals surface area contributed by atoms with Gasteiger partial charge in [0.25, 0.3) is 0 Å². The fraction of sp³-hybridized carbons (Fsp3) is 0.611. The van der Waals surface area contributed by atoms with Crippen LogP contribution in [0, 0.1) is 0 Å². The number of rotatable bonds is 4. The summed E-state index contributed by atoms with van der Waals surface area (Å²) in [6, 6.07) is 8.23. The van der Waals surface area contributed by atoms with Crippen molar-refractivity contribution >= 4 is 11.5 Å². The number of carbonyl (C=O) groups excluding carboxylic acids is 1. The smallest absolute Gasteiger partial charge is 0.182 e. The van der Waals surface area contributed by atoms with Crippen LogP contribution in [0.2, 0.25) is 0 Å². The van der Waals surface area contributed by atoms with Crippen molar-refractivity contribution in [2.24, 2.45) is 0 Å². The van der Waals surface area contributed by atoms with Crippen LogP contribution in [0.25, 0.3) is 0 Å². The molecule has 114 valence electrons. The molecule has 2 saturated heterocycles. The second-order valence-corrected chi connectivity index (χ2v) is 6.82. The monoisotopic (exact) mass is 286 g/mol. The average Bonchev–Trinajstić information content (AvgIpc) is 3.19. The summed E-state index contributed by atoms with van der Waals surface area (Å²) in [5.41, 5.74) is 1.71. The van der Waals surface area contributed by atoms with E-state index >= 15 is 0 Å². The molecule has 0 spiro atoms. The number of nitrogens with zero attached hydrogens (tertiary/aromatic N) is 2. The van der Waals surface area contributed by atoms with Crippen LogP contribution in [0.1, 0.15) is 49.9 Å². The van der Waals surface area contributed by atoms with Crippen molar-refractivity contribution in [3.05, 3.63) is 29.8 Å². The lowest BCUT2D eigenvalue weighted by Gasteiger charge is -2.34. The van der Waals surface area contributed by atoms with E-state index in [9.17, 15) is 4.79 Å². The summed E-state index contributed by atoms with van der Waals surface area (Å²) in [7, 11) is 0. The lowest BCUT2D eigenvalue weighted by molar-refractivity contribution is 0.0702. The normalized spacial score (nSPS) is 20.2. The van der Waals surface area contributed by atoms with Gasteiger partial charge in [-0.05, 0) is 76.9 Å². The van der Waals surface area contributed by atoms with E-state index in [4.69, 9.17) is 0 Å². The number of benzene rings is 1. The topological polar surface area (TPSA) is 23.6 Å². The summed E-state index contributed by atoms with van der Waals surface area (Å²) in [4.78, 5) is 17.6. The number of ketones is 1. The average molecular weight is 286 g/mol. The first kappa shape index (κ1) is 14.6. The molecule has 0 unspecified atom stereocenters. The Bertz CT molecular complexity index is 494. The highest BCUT2D eigenvalue weighted by molar-refractivity contribution is 6.02. The fourth-order valence-corrected chi connectivity index (χ4v) is 3.57. The molecule has 0 atom stereocenters. The standard InChI is InChI=1S/C18H26N2O/c1-18(2,20-13-5-6-14-20)17(21)15-7-9-16(10-8-15)19-11-3-4-12-19/h7-10H,3-6,11-14H2,1-2H3. The summed E-state index contributed by atoms with van der Waals surface area (Å²) in [6.45, 7) is 8.51. The van der Waals surface area contributed by atoms with Crippen LogP contribution in [0.5, 0.6) is 0 Å². The number of hydrogen-bond donors (Lipinski definition) is 0. The van der Waals surface area contributed by atoms with Crippen molar-refractivity contribution in [2.45, 2.75) is 45.1 Å². The third-order valence-electron chi connectivity index (χ3n) is 5.05. The molecular weight excluding hydrogens is 260 g/mol. The van der Waals surface area contributed by atoms with Gasteiger partial charge in [0, 0.05) is 24.3 Å². The summed E-state index contributed by atoms with van der Waals surface area (Å²) in [5.74, 6) is 0.248. The number of carbonyl (C=O) groups is 1. The quantitative estimate of drug-likeness (QED) is 0.793. The Balaban J connectivity index is 1.74. The predicted molar refractivity (Wildman–Crippen MR) is 87.1 cm³/mol. The first-order chi connectivity index (χ1) is 10.1. The van der Waals surface area contributed by atoms with Crippen LogP contribution in [0.15, 0.2) is 24.3 Å². The Kier molecular flexibility index (Phi) is 4.03. The molecule has 21 heavy (non-hydrogen) atoms. The summed E-state index contributed by atoms with van der Waals surface area (Å²) in [6.07, 6.45) is 4.99. The number of hydrogen-bond acceptors (Lipinski definition) is 3. The molecule has 0 N–H and O–H groups in total. The SMILES string of the molecule is CC(C)(C(=O)c1ccc(N2CCCC2)cc1)N1CCCC1. The van der Waals surface area contributed by atoms with Crippen molar-refractivity contribution in [3.63, 3.8) is 0 Å². The van der Waals surface area contributed by atoms with Crippen molar-refractivity contribution in [1.82, 2.24) is 4.90 Å². The summed E-state index contributed by atoms with van der Waals surface area (Å²) >= 11 is 0. The van der Waals surface area contributed by atoms with Crippen molar-refractivity contribution in [3.8, 4) is 0 Å². The summed E-state index contributed by atoms with van der Waals surface area (Å²) in [5, 5.41) is 0. The molecule has 2 heterocycles. The van der Waals surface area contributed by atoms with Gasteiger partial charge >= 0.3 is 0 Å². The zero-order chi connectivity index (χ0) is 14.9. The molecule has 1 aromatic carbocycles. The fourth-order valence-electron chi connectivity index (χ4n) is 3.57. The molecule has 0 bridgehead atoms. The van der Waals surface area contributed by atoms with Crippen molar-refractivity contribution in [2.75, 3.05) is 31.1 Å². The molecule has 2 aliphatic heterocycles. The van der Waals surface area contributed by atoms with Gasteiger partial charge in [-0.2, -0.15) is 0 Å². The predicted octanol–water partition coefficient (Wildman–Crippen LogP) is 3.34. The highest BCUT2D eigenvalue weighted by atomic mass is 16.1. The summed E-state index contributed by atoms with van der Waals surface area (Å²) < 4.78 is 0. The van der Waals surface area contributed by atoms with Gasteiger partial charge in [-0.1, -0.05) is 0 Å². The Morgan fingerprint density at radius 2 is 1.43 bits per heavy atom. The molecule has 2 fully saturated rings. The Labute approximate surface area is 127 Å². The number of likely N-dealkylation sites (tertiary alicyclic amines) is 1. The maximum absolute atomic E-state index is 12.8. The van der Waals surface area contributed by atoms with Crippen molar-refractivity contribution < 1.29 is 4.79 Å². The molecule has 2 aliphatic rings. The maximum atomic E-state index is 12.8. The third-order valence-corrected chi connectivity index (χ3v) is 5.05. The van der Waals surface area contributed by atoms with Gasteiger partial charge < -0.3 is 4.90 Å². The lowest BCUT2D eigenvalue weighted by atomic mass is 9.91. The molecule has 0 radical (unpaired) electrons. The highest BCUT2D eigenvalue weighted by Gasteiger charge is 2.36. The van der Waals surface area contributed by atoms with Crippen LogP contribution in [0.4, 0.5) is 5.69 Å². The molecule has 0 saturated carbocycles. The molecule has 3 nitrogen and oxygen atoms in total. The minimum absolute atomic E-state index is 0.248. The van der Waals surface area contributed by atoms with E-state index in [1.165, 1.54) is 31.4 Å². The Morgan fingerprint density at radius 3 is 2.00 bits per heavy atom. The minimum atomic E-state index is -0.383. The van der Waals surface area contributed by atoms with Gasteiger partial charge in [0.2, 0.25) is 0 Å². The molecule has 1 aromatic rings. The van der Waals surface area contributed by atoms with Gasteiger partial charge in [-0.15, -0.1) is 0 Å². The van der Waals surface area contributed by atoms with Crippen LogP contribution >= 0.6 is 0 Å². The van der Waals surface area contributed by atoms with E-state index in [2.05, 4.69) is 35.8 Å². The largest absolute Gasteiger partial charge is 0.372 e. The highest BCUT2D eigenvalue weighted by Crippen LogP contribution is 2.27. The van der Waals surface area contributed by atoms with Crippen molar-refractivity contribution in [1.29, 1.82) is 0 Å². The second kappa shape index (κ2) is 5.80. The first-order valence-corrected chi connectivity index (χ1v) is 8.24. The first-order valence-electron chi connectivity index (χ1n) is 8.24. The minimum Gasteiger partial charge on any atom is -0.372 e. The van der Waals surface area contributed by atoms with Gasteiger partial charge in [0.1, 0.15) is 0 Å². The molecule has 0 aromatic heterocycles. The number of anilines is 1. The van der Waals surface area contributed by atoms with E-state index in [0.717, 1.165) is 31.7 Å². The Hall–Kier alpha value is -1.35. The third kappa shape index (κ3) is 2.84. The maximum Gasteiger partial charge on any atom is 0.182 e. The molecule has 0 amide bonds. The zero-order valence-electron chi connectivity index (χ0n) is 13.3. The van der Waals surface area contributed by atoms with Gasteiger partial charge in [-0.3, -0.25) is 9.69 Å². The van der Waals surface area contributed by atoms with Crippen LogP contribution < -0.4 is 4.90 Å². The van der Waals surface area contributed by atoms with E-state index < -0.39 is 0 Å². The molecule has 3 rings (SSSR count). The molecular formula is C18H26N2O. The van der Waals surface area contributed by atoms with Crippen LogP contribution in [-0.4, -0.2) is 42.4 Å². The number of Topliss-reactive ketones (excluding diaryl/α,β-unsaturated/α-hetero) is 1. The Morgan fingerprint density at radius 1 is 0.905 bits per heavy atom.